The number of rotatable bonds is 6. The monoisotopic (exact) mass is 351 g/mol. The predicted molar refractivity (Wildman–Crippen MR) is 89.8 cm³/mol. The molecule has 5 nitrogen and oxygen atoms in total. The van der Waals surface area contributed by atoms with E-state index in [1.165, 1.54) is 26.2 Å². The van der Waals surface area contributed by atoms with Crippen LogP contribution in [0.25, 0.3) is 0 Å². The zero-order valence-corrected chi connectivity index (χ0v) is 14.2. The lowest BCUT2D eigenvalue weighted by molar-refractivity contribution is 0.0600. The van der Waals surface area contributed by atoms with E-state index in [0.717, 1.165) is 10.4 Å². The maximum absolute atomic E-state index is 14.3. The van der Waals surface area contributed by atoms with Gasteiger partial charge in [-0.3, -0.25) is 4.31 Å². The molecule has 2 aromatic carbocycles. The van der Waals surface area contributed by atoms with Crippen molar-refractivity contribution < 1.29 is 22.3 Å². The van der Waals surface area contributed by atoms with Gasteiger partial charge >= 0.3 is 5.97 Å². The van der Waals surface area contributed by atoms with E-state index in [1.54, 1.807) is 30.3 Å². The average Bonchev–Trinajstić information content (AvgIpc) is 2.60. The number of carbonyl (C=O) groups is 1. The lowest BCUT2D eigenvalue weighted by Gasteiger charge is -2.24. The standard InChI is InChI=1S/C17H18FNO4S/c1-3-24(21,22)19(15-7-5-4-6-8-15)12-14-10-9-13(11-16(14)18)17(20)23-2/h4-11H,3,12H2,1-2H3. The van der Waals surface area contributed by atoms with Gasteiger partial charge in [0.2, 0.25) is 10.0 Å². The number of para-hydroxylation sites is 1. The Morgan fingerprint density at radius 3 is 2.38 bits per heavy atom. The number of hydrogen-bond donors (Lipinski definition) is 0. The summed E-state index contributed by atoms with van der Waals surface area (Å²) in [5.41, 5.74) is 0.697. The summed E-state index contributed by atoms with van der Waals surface area (Å²) in [6, 6.07) is 12.3. The first-order valence-electron chi connectivity index (χ1n) is 7.31. The van der Waals surface area contributed by atoms with Crippen LogP contribution in [0.15, 0.2) is 48.5 Å². The average molecular weight is 351 g/mol. The van der Waals surface area contributed by atoms with Crippen LogP contribution in [-0.4, -0.2) is 27.2 Å². The fourth-order valence-electron chi connectivity index (χ4n) is 2.18. The Labute approximate surface area is 140 Å². The van der Waals surface area contributed by atoms with Gasteiger partial charge in [-0.15, -0.1) is 0 Å². The highest BCUT2D eigenvalue weighted by atomic mass is 32.2. The fraction of sp³-hybridized carbons (Fsp3) is 0.235. The summed E-state index contributed by atoms with van der Waals surface area (Å²) in [5.74, 6) is -1.42. The summed E-state index contributed by atoms with van der Waals surface area (Å²) >= 11 is 0. The van der Waals surface area contributed by atoms with E-state index in [0.29, 0.717) is 5.69 Å². The normalized spacial score (nSPS) is 11.1. The predicted octanol–water partition coefficient (Wildman–Crippen LogP) is 2.97. The minimum Gasteiger partial charge on any atom is -0.465 e. The van der Waals surface area contributed by atoms with Crippen LogP contribution in [0.2, 0.25) is 0 Å². The second-order valence-electron chi connectivity index (χ2n) is 5.04. The molecule has 0 heterocycles. The maximum Gasteiger partial charge on any atom is 0.337 e. The first-order chi connectivity index (χ1) is 11.4. The molecular formula is C17H18FNO4S. The van der Waals surface area contributed by atoms with Crippen LogP contribution in [0, 0.1) is 5.82 Å². The fourth-order valence-corrected chi connectivity index (χ4v) is 3.27. The third kappa shape index (κ3) is 3.91. The molecule has 7 heteroatoms. The lowest BCUT2D eigenvalue weighted by atomic mass is 10.1. The van der Waals surface area contributed by atoms with Crippen molar-refractivity contribution in [3.05, 3.63) is 65.5 Å². The number of carbonyl (C=O) groups excluding carboxylic acids is 1. The van der Waals surface area contributed by atoms with Crippen molar-refractivity contribution in [1.29, 1.82) is 0 Å². The number of halogens is 1. The van der Waals surface area contributed by atoms with E-state index in [4.69, 9.17) is 0 Å². The number of anilines is 1. The highest BCUT2D eigenvalue weighted by Gasteiger charge is 2.22. The van der Waals surface area contributed by atoms with E-state index in [1.807, 2.05) is 0 Å². The minimum absolute atomic E-state index is 0.0726. The minimum atomic E-state index is -3.58. The van der Waals surface area contributed by atoms with Crippen molar-refractivity contribution in [1.82, 2.24) is 0 Å². The molecule has 24 heavy (non-hydrogen) atoms. The molecule has 0 amide bonds. The Kier molecular flexibility index (Phi) is 5.56. The Morgan fingerprint density at radius 2 is 1.83 bits per heavy atom. The van der Waals surface area contributed by atoms with Crippen molar-refractivity contribution >= 4 is 21.7 Å². The van der Waals surface area contributed by atoms with Gasteiger partial charge in [-0.1, -0.05) is 24.3 Å². The molecule has 0 saturated carbocycles. The zero-order chi connectivity index (χ0) is 17.7. The van der Waals surface area contributed by atoms with Crippen molar-refractivity contribution in [2.45, 2.75) is 13.5 Å². The Bertz CT molecular complexity index is 822. The smallest absolute Gasteiger partial charge is 0.337 e. The molecule has 0 saturated heterocycles. The summed E-state index contributed by atoms with van der Waals surface area (Å²) in [7, 11) is -2.38. The topological polar surface area (TPSA) is 63.7 Å². The molecule has 0 unspecified atom stereocenters. The summed E-state index contributed by atoms with van der Waals surface area (Å²) < 4.78 is 44.7. The molecule has 0 atom stereocenters. The quantitative estimate of drug-likeness (QED) is 0.751. The molecular weight excluding hydrogens is 333 g/mol. The second-order valence-corrected chi connectivity index (χ2v) is 7.22. The largest absolute Gasteiger partial charge is 0.465 e. The first kappa shape index (κ1) is 17.9. The van der Waals surface area contributed by atoms with Crippen LogP contribution in [-0.2, 0) is 21.3 Å². The van der Waals surface area contributed by atoms with E-state index < -0.39 is 21.8 Å². The maximum atomic E-state index is 14.3. The zero-order valence-electron chi connectivity index (χ0n) is 13.4. The van der Waals surface area contributed by atoms with Crippen LogP contribution in [0.1, 0.15) is 22.8 Å². The lowest BCUT2D eigenvalue weighted by Crippen LogP contribution is -2.32. The third-order valence-electron chi connectivity index (χ3n) is 3.53. The van der Waals surface area contributed by atoms with Gasteiger partial charge in [-0.25, -0.2) is 17.6 Å². The number of nitrogens with zero attached hydrogens (tertiary/aromatic N) is 1. The molecule has 0 N–H and O–H groups in total. The van der Waals surface area contributed by atoms with Gasteiger partial charge < -0.3 is 4.74 Å². The number of ether oxygens (including phenoxy) is 1. The molecule has 0 aliphatic heterocycles. The summed E-state index contributed by atoms with van der Waals surface area (Å²) in [5, 5.41) is 0. The molecule has 0 aromatic heterocycles. The van der Waals surface area contributed by atoms with Crippen molar-refractivity contribution in [3.8, 4) is 0 Å². The molecule has 0 bridgehead atoms. The molecule has 128 valence electrons. The van der Waals surface area contributed by atoms with Gasteiger partial charge in [-0.2, -0.15) is 0 Å². The van der Waals surface area contributed by atoms with Gasteiger partial charge in [0.05, 0.1) is 30.7 Å². The highest BCUT2D eigenvalue weighted by Crippen LogP contribution is 2.23. The SMILES string of the molecule is CCS(=O)(=O)N(Cc1ccc(C(=O)OC)cc1F)c1ccccc1. The van der Waals surface area contributed by atoms with E-state index in [-0.39, 0.29) is 23.4 Å². The highest BCUT2D eigenvalue weighted by molar-refractivity contribution is 7.92. The number of sulfonamides is 1. The summed E-state index contributed by atoms with van der Waals surface area (Å²) in [4.78, 5) is 11.4. The first-order valence-corrected chi connectivity index (χ1v) is 8.92. The van der Waals surface area contributed by atoms with E-state index in [2.05, 4.69) is 4.74 Å². The van der Waals surface area contributed by atoms with Crippen LogP contribution in [0.5, 0.6) is 0 Å². The molecule has 2 rings (SSSR count). The van der Waals surface area contributed by atoms with E-state index >= 15 is 0 Å². The van der Waals surface area contributed by atoms with Gasteiger partial charge in [0.1, 0.15) is 5.82 Å². The second kappa shape index (κ2) is 7.44. The Balaban J connectivity index is 2.39. The Morgan fingerprint density at radius 1 is 1.17 bits per heavy atom. The van der Waals surface area contributed by atoms with Crippen LogP contribution < -0.4 is 4.31 Å². The molecule has 0 radical (unpaired) electrons. The molecule has 0 aliphatic carbocycles. The van der Waals surface area contributed by atoms with E-state index in [9.17, 15) is 17.6 Å². The number of benzene rings is 2. The van der Waals surface area contributed by atoms with Crippen LogP contribution in [0.3, 0.4) is 0 Å². The van der Waals surface area contributed by atoms with Crippen molar-refractivity contribution in [2.24, 2.45) is 0 Å². The van der Waals surface area contributed by atoms with Crippen molar-refractivity contribution in [2.75, 3.05) is 17.2 Å². The third-order valence-corrected chi connectivity index (χ3v) is 5.27. The van der Waals surface area contributed by atoms with Crippen molar-refractivity contribution in [3.63, 3.8) is 0 Å². The van der Waals surface area contributed by atoms with Gasteiger partial charge in [-0.05, 0) is 31.2 Å². The van der Waals surface area contributed by atoms with Gasteiger partial charge in [0.25, 0.3) is 0 Å². The summed E-state index contributed by atoms with van der Waals surface area (Å²) in [6.07, 6.45) is 0. The van der Waals surface area contributed by atoms with Gasteiger partial charge in [0.15, 0.2) is 0 Å². The number of hydrogen-bond acceptors (Lipinski definition) is 4. The van der Waals surface area contributed by atoms with Gasteiger partial charge in [0, 0.05) is 5.56 Å². The Hall–Kier alpha value is -2.41. The number of esters is 1. The van der Waals surface area contributed by atoms with Crippen LogP contribution >= 0.6 is 0 Å². The van der Waals surface area contributed by atoms with Crippen LogP contribution in [0.4, 0.5) is 10.1 Å². The molecule has 2 aromatic rings. The molecule has 0 fully saturated rings. The molecule has 0 aliphatic rings. The number of methoxy groups -OCH3 is 1. The molecule has 0 spiro atoms. The summed E-state index contributed by atoms with van der Waals surface area (Å²) in [6.45, 7) is 1.37.